The van der Waals surface area contributed by atoms with E-state index in [9.17, 15) is 19.5 Å². The van der Waals surface area contributed by atoms with Gasteiger partial charge < -0.3 is 24.7 Å². The minimum absolute atomic E-state index is 0.0319. The molecule has 148 valence electrons. The van der Waals surface area contributed by atoms with Gasteiger partial charge in [0.15, 0.2) is 6.33 Å². The number of hydrogen-bond donors (Lipinski definition) is 2. The number of carbonyl (C=O) groups excluding carboxylic acids is 3. The van der Waals surface area contributed by atoms with Crippen LogP contribution in [0.15, 0.2) is 10.9 Å². The van der Waals surface area contributed by atoms with E-state index in [1.807, 2.05) is 13.8 Å². The highest BCUT2D eigenvalue weighted by molar-refractivity contribution is 5.99. The first-order valence-corrected chi connectivity index (χ1v) is 9.11. The summed E-state index contributed by atoms with van der Waals surface area (Å²) in [6.07, 6.45) is 1.65. The van der Waals surface area contributed by atoms with Gasteiger partial charge in [-0.25, -0.2) is 0 Å². The molecule has 0 aliphatic carbocycles. The van der Waals surface area contributed by atoms with E-state index in [4.69, 9.17) is 4.52 Å². The standard InChI is InChI=1S/C17H25N5O5/c1-10(2)15(25)22-6-4-5-17(22)8-21(16(17)26)7-12(24)20-13(11(3)23)14-18-9-19-27-14/h9-11,13,23H,4-8H2,1-3H3,(H,20,24). The molecule has 3 amide bonds. The SMILES string of the molecule is CC(C)C(=O)N1CCCC12CN(CC(=O)NC(c1ncno1)C(C)O)C2=O. The molecular weight excluding hydrogens is 354 g/mol. The maximum absolute atomic E-state index is 12.8. The van der Waals surface area contributed by atoms with Gasteiger partial charge in [0.2, 0.25) is 11.8 Å². The van der Waals surface area contributed by atoms with Crippen LogP contribution in [0.1, 0.15) is 45.5 Å². The number of carbonyl (C=O) groups is 3. The Hall–Kier alpha value is -2.49. The Balaban J connectivity index is 1.61. The Morgan fingerprint density at radius 3 is 2.70 bits per heavy atom. The van der Waals surface area contributed by atoms with Crippen LogP contribution in [0.3, 0.4) is 0 Å². The van der Waals surface area contributed by atoms with Gasteiger partial charge in [0.25, 0.3) is 11.8 Å². The molecule has 3 rings (SSSR count). The van der Waals surface area contributed by atoms with Crippen LogP contribution in [0, 0.1) is 5.92 Å². The Labute approximate surface area is 156 Å². The molecule has 2 aliphatic rings. The Bertz CT molecular complexity index is 719. The topological polar surface area (TPSA) is 129 Å². The van der Waals surface area contributed by atoms with E-state index in [-0.39, 0.29) is 30.2 Å². The largest absolute Gasteiger partial charge is 0.391 e. The van der Waals surface area contributed by atoms with Crippen LogP contribution >= 0.6 is 0 Å². The predicted molar refractivity (Wildman–Crippen MR) is 92.0 cm³/mol. The summed E-state index contributed by atoms with van der Waals surface area (Å²) in [5.74, 6) is -0.756. The van der Waals surface area contributed by atoms with Crippen molar-refractivity contribution in [1.82, 2.24) is 25.3 Å². The summed E-state index contributed by atoms with van der Waals surface area (Å²) in [5, 5.41) is 15.9. The molecular formula is C17H25N5O5. The normalized spacial score (nSPS) is 24.3. The van der Waals surface area contributed by atoms with Crippen molar-refractivity contribution in [1.29, 1.82) is 0 Å². The van der Waals surface area contributed by atoms with Crippen LogP contribution in [0.4, 0.5) is 0 Å². The first-order chi connectivity index (χ1) is 12.8. The van der Waals surface area contributed by atoms with Crippen molar-refractivity contribution in [2.75, 3.05) is 19.6 Å². The second-order valence-electron chi connectivity index (χ2n) is 7.51. The van der Waals surface area contributed by atoms with E-state index in [2.05, 4.69) is 15.5 Å². The van der Waals surface area contributed by atoms with Crippen molar-refractivity contribution in [3.05, 3.63) is 12.2 Å². The van der Waals surface area contributed by atoms with E-state index < -0.39 is 23.6 Å². The third kappa shape index (κ3) is 3.41. The summed E-state index contributed by atoms with van der Waals surface area (Å²) < 4.78 is 4.90. The van der Waals surface area contributed by atoms with Gasteiger partial charge >= 0.3 is 0 Å². The second-order valence-corrected chi connectivity index (χ2v) is 7.51. The second kappa shape index (κ2) is 7.26. The van der Waals surface area contributed by atoms with Crippen molar-refractivity contribution >= 4 is 17.7 Å². The molecule has 1 aromatic rings. The minimum atomic E-state index is -0.943. The van der Waals surface area contributed by atoms with E-state index in [1.165, 1.54) is 18.2 Å². The molecule has 3 atom stereocenters. The van der Waals surface area contributed by atoms with Gasteiger partial charge in [-0.3, -0.25) is 14.4 Å². The summed E-state index contributed by atoms with van der Waals surface area (Å²) in [6, 6.07) is -0.851. The lowest BCUT2D eigenvalue weighted by Crippen LogP contribution is -2.74. The predicted octanol–water partition coefficient (Wildman–Crippen LogP) is -0.533. The highest BCUT2D eigenvalue weighted by atomic mass is 16.5. The molecule has 27 heavy (non-hydrogen) atoms. The highest BCUT2D eigenvalue weighted by Crippen LogP contribution is 2.39. The fourth-order valence-corrected chi connectivity index (χ4v) is 3.78. The van der Waals surface area contributed by atoms with Gasteiger partial charge in [-0.1, -0.05) is 19.0 Å². The van der Waals surface area contributed by atoms with Crippen molar-refractivity contribution in [3.8, 4) is 0 Å². The van der Waals surface area contributed by atoms with Gasteiger partial charge in [0, 0.05) is 12.5 Å². The molecule has 0 saturated carbocycles. The van der Waals surface area contributed by atoms with Crippen LogP contribution in [-0.4, -0.2) is 74.0 Å². The van der Waals surface area contributed by atoms with E-state index in [1.54, 1.807) is 4.90 Å². The molecule has 2 saturated heterocycles. The molecule has 1 spiro atoms. The Morgan fingerprint density at radius 1 is 1.41 bits per heavy atom. The molecule has 0 bridgehead atoms. The molecule has 3 heterocycles. The summed E-state index contributed by atoms with van der Waals surface area (Å²) in [6.45, 7) is 5.89. The van der Waals surface area contributed by atoms with Crippen LogP contribution in [0.25, 0.3) is 0 Å². The molecule has 0 aromatic carbocycles. The summed E-state index contributed by atoms with van der Waals surface area (Å²) >= 11 is 0. The molecule has 2 aliphatic heterocycles. The van der Waals surface area contributed by atoms with E-state index in [0.29, 0.717) is 19.5 Å². The molecule has 0 radical (unpaired) electrons. The average Bonchev–Trinajstić information content (AvgIpc) is 3.29. The van der Waals surface area contributed by atoms with Crippen molar-refractivity contribution < 1.29 is 24.0 Å². The first-order valence-electron chi connectivity index (χ1n) is 9.11. The Morgan fingerprint density at radius 2 is 2.15 bits per heavy atom. The van der Waals surface area contributed by atoms with Gasteiger partial charge in [0.05, 0.1) is 19.2 Å². The van der Waals surface area contributed by atoms with Crippen molar-refractivity contribution in [2.45, 2.75) is 51.3 Å². The summed E-state index contributed by atoms with van der Waals surface area (Å²) in [4.78, 5) is 44.5. The number of nitrogens with one attached hydrogen (secondary N) is 1. The summed E-state index contributed by atoms with van der Waals surface area (Å²) in [7, 11) is 0. The first kappa shape index (κ1) is 19.3. The van der Waals surface area contributed by atoms with Gasteiger partial charge in [-0.15, -0.1) is 0 Å². The molecule has 2 N–H and O–H groups in total. The smallest absolute Gasteiger partial charge is 0.251 e. The molecule has 3 unspecified atom stereocenters. The zero-order valence-electron chi connectivity index (χ0n) is 15.7. The fraction of sp³-hybridized carbons (Fsp3) is 0.706. The number of likely N-dealkylation sites (tertiary alicyclic amines) is 2. The summed E-state index contributed by atoms with van der Waals surface area (Å²) in [5.41, 5.74) is -0.794. The van der Waals surface area contributed by atoms with Crippen LogP contribution in [-0.2, 0) is 14.4 Å². The van der Waals surface area contributed by atoms with Crippen molar-refractivity contribution in [2.24, 2.45) is 5.92 Å². The minimum Gasteiger partial charge on any atom is -0.391 e. The fourth-order valence-electron chi connectivity index (χ4n) is 3.78. The van der Waals surface area contributed by atoms with Crippen LogP contribution in [0.5, 0.6) is 0 Å². The highest BCUT2D eigenvalue weighted by Gasteiger charge is 2.59. The number of nitrogens with zero attached hydrogens (tertiary/aromatic N) is 4. The number of β-lactam (4-membered cyclic amide) rings is 1. The number of amides is 3. The lowest BCUT2D eigenvalue weighted by atomic mass is 9.85. The quantitative estimate of drug-likeness (QED) is 0.636. The zero-order chi connectivity index (χ0) is 19.8. The Kier molecular flexibility index (Phi) is 5.18. The van der Waals surface area contributed by atoms with Gasteiger partial charge in [-0.05, 0) is 19.8 Å². The number of hydrogen-bond acceptors (Lipinski definition) is 7. The maximum atomic E-state index is 12.8. The average molecular weight is 379 g/mol. The monoisotopic (exact) mass is 379 g/mol. The molecule has 1 aromatic heterocycles. The van der Waals surface area contributed by atoms with Crippen LogP contribution < -0.4 is 5.32 Å². The third-order valence-electron chi connectivity index (χ3n) is 5.16. The van der Waals surface area contributed by atoms with Gasteiger partial charge in [-0.2, -0.15) is 4.98 Å². The lowest BCUT2D eigenvalue weighted by Gasteiger charge is -2.51. The number of rotatable bonds is 6. The van der Waals surface area contributed by atoms with E-state index in [0.717, 1.165) is 6.42 Å². The van der Waals surface area contributed by atoms with Crippen molar-refractivity contribution in [3.63, 3.8) is 0 Å². The third-order valence-corrected chi connectivity index (χ3v) is 5.16. The van der Waals surface area contributed by atoms with Gasteiger partial charge in [0.1, 0.15) is 11.6 Å². The molecule has 2 fully saturated rings. The van der Waals surface area contributed by atoms with E-state index >= 15 is 0 Å². The number of aromatic nitrogens is 2. The molecule has 10 nitrogen and oxygen atoms in total. The lowest BCUT2D eigenvalue weighted by molar-refractivity contribution is -0.169. The van der Waals surface area contributed by atoms with Crippen LogP contribution in [0.2, 0.25) is 0 Å². The number of aliphatic hydroxyl groups is 1. The zero-order valence-corrected chi connectivity index (χ0v) is 15.7. The molecule has 10 heteroatoms. The maximum Gasteiger partial charge on any atom is 0.251 e. The number of aliphatic hydroxyl groups excluding tert-OH is 1.